The molecule has 0 aliphatic carbocycles. The highest BCUT2D eigenvalue weighted by atomic mass is 16.2. The Labute approximate surface area is 109 Å². The van der Waals surface area contributed by atoms with E-state index in [1.165, 1.54) is 0 Å². The molecule has 2 fully saturated rings. The summed E-state index contributed by atoms with van der Waals surface area (Å²) in [5.41, 5.74) is 0.0319. The van der Waals surface area contributed by atoms with Crippen molar-refractivity contribution in [3.8, 4) is 0 Å². The molecule has 2 unspecified atom stereocenters. The standard InChI is InChI=1S/C14H24N2O2/c1-5-10-12(17)15-8-6-7-11(15)13(18)16(10)9-14(2,3)4/h10-11H,5-9H2,1-4H3. The van der Waals surface area contributed by atoms with Crippen molar-refractivity contribution >= 4 is 11.8 Å². The molecule has 2 heterocycles. The van der Waals surface area contributed by atoms with Gasteiger partial charge in [-0.1, -0.05) is 27.7 Å². The first kappa shape index (κ1) is 13.4. The van der Waals surface area contributed by atoms with E-state index in [0.717, 1.165) is 19.4 Å². The fraction of sp³-hybridized carbons (Fsp3) is 0.857. The second kappa shape index (κ2) is 4.56. The first-order chi connectivity index (χ1) is 8.35. The van der Waals surface area contributed by atoms with E-state index in [9.17, 15) is 9.59 Å². The number of nitrogens with zero attached hydrogens (tertiary/aromatic N) is 2. The number of piperazine rings is 1. The highest BCUT2D eigenvalue weighted by molar-refractivity contribution is 5.97. The number of hydrogen-bond acceptors (Lipinski definition) is 2. The summed E-state index contributed by atoms with van der Waals surface area (Å²) in [6, 6.07) is -0.422. The van der Waals surface area contributed by atoms with Crippen molar-refractivity contribution in [2.45, 2.75) is 59.0 Å². The van der Waals surface area contributed by atoms with Crippen molar-refractivity contribution in [1.29, 1.82) is 0 Å². The van der Waals surface area contributed by atoms with E-state index in [1.54, 1.807) is 4.90 Å². The molecule has 2 saturated heterocycles. The Bertz CT molecular complexity index is 359. The summed E-state index contributed by atoms with van der Waals surface area (Å²) in [4.78, 5) is 28.6. The summed E-state index contributed by atoms with van der Waals surface area (Å²) in [5, 5.41) is 0. The zero-order valence-electron chi connectivity index (χ0n) is 11.9. The Morgan fingerprint density at radius 2 is 1.89 bits per heavy atom. The van der Waals surface area contributed by atoms with Crippen LogP contribution in [-0.4, -0.2) is 46.8 Å². The van der Waals surface area contributed by atoms with Crippen LogP contribution in [0.2, 0.25) is 0 Å². The Kier molecular flexibility index (Phi) is 3.39. The largest absolute Gasteiger partial charge is 0.329 e. The quantitative estimate of drug-likeness (QED) is 0.749. The van der Waals surface area contributed by atoms with Crippen LogP contribution in [0.25, 0.3) is 0 Å². The zero-order valence-corrected chi connectivity index (χ0v) is 11.9. The molecule has 2 atom stereocenters. The maximum absolute atomic E-state index is 12.5. The molecule has 0 bridgehead atoms. The average molecular weight is 252 g/mol. The van der Waals surface area contributed by atoms with Crippen molar-refractivity contribution in [2.24, 2.45) is 5.41 Å². The van der Waals surface area contributed by atoms with Gasteiger partial charge in [-0.2, -0.15) is 0 Å². The van der Waals surface area contributed by atoms with Crippen LogP contribution in [0.5, 0.6) is 0 Å². The third kappa shape index (κ3) is 2.25. The average Bonchev–Trinajstić information content (AvgIpc) is 2.73. The number of amides is 2. The van der Waals surface area contributed by atoms with Gasteiger partial charge in [0.1, 0.15) is 12.1 Å². The first-order valence-corrected chi connectivity index (χ1v) is 6.96. The molecule has 2 aliphatic rings. The van der Waals surface area contributed by atoms with Crippen molar-refractivity contribution in [1.82, 2.24) is 9.80 Å². The van der Waals surface area contributed by atoms with E-state index < -0.39 is 0 Å². The molecule has 0 aromatic rings. The number of rotatable bonds is 2. The molecule has 4 heteroatoms. The summed E-state index contributed by atoms with van der Waals surface area (Å²) in [6.45, 7) is 9.74. The predicted molar refractivity (Wildman–Crippen MR) is 70.0 cm³/mol. The van der Waals surface area contributed by atoms with Gasteiger partial charge in [0, 0.05) is 13.1 Å². The molecule has 18 heavy (non-hydrogen) atoms. The summed E-state index contributed by atoms with van der Waals surface area (Å²) < 4.78 is 0. The minimum Gasteiger partial charge on any atom is -0.329 e. The molecule has 102 valence electrons. The lowest BCUT2D eigenvalue weighted by atomic mass is 9.92. The van der Waals surface area contributed by atoms with Gasteiger partial charge in [0.25, 0.3) is 0 Å². The van der Waals surface area contributed by atoms with Gasteiger partial charge in [0.15, 0.2) is 0 Å². The molecule has 2 amide bonds. The molecule has 2 aliphatic heterocycles. The van der Waals surface area contributed by atoms with Crippen molar-refractivity contribution in [2.75, 3.05) is 13.1 Å². The van der Waals surface area contributed by atoms with E-state index in [1.807, 2.05) is 11.8 Å². The minimum absolute atomic E-state index is 0.0319. The molecular weight excluding hydrogens is 228 g/mol. The molecule has 0 radical (unpaired) electrons. The van der Waals surface area contributed by atoms with Crippen molar-refractivity contribution in [3.63, 3.8) is 0 Å². The van der Waals surface area contributed by atoms with Crippen molar-refractivity contribution < 1.29 is 9.59 Å². The van der Waals surface area contributed by atoms with E-state index in [-0.39, 0.29) is 29.3 Å². The summed E-state index contributed by atoms with van der Waals surface area (Å²) in [7, 11) is 0. The maximum Gasteiger partial charge on any atom is 0.246 e. The van der Waals surface area contributed by atoms with E-state index >= 15 is 0 Å². The lowest BCUT2D eigenvalue weighted by Crippen LogP contribution is -2.63. The number of hydrogen-bond donors (Lipinski definition) is 0. The molecule has 0 N–H and O–H groups in total. The van der Waals surface area contributed by atoms with Crippen molar-refractivity contribution in [3.05, 3.63) is 0 Å². The fourth-order valence-corrected chi connectivity index (χ4v) is 3.05. The van der Waals surface area contributed by atoms with Crippen LogP contribution in [0.1, 0.15) is 47.0 Å². The first-order valence-electron chi connectivity index (χ1n) is 6.96. The Morgan fingerprint density at radius 3 is 2.44 bits per heavy atom. The summed E-state index contributed by atoms with van der Waals surface area (Å²) in [5.74, 6) is 0.317. The Hall–Kier alpha value is -1.06. The number of carbonyl (C=O) groups is 2. The topological polar surface area (TPSA) is 40.6 Å². The second-order valence-corrected chi connectivity index (χ2v) is 6.64. The smallest absolute Gasteiger partial charge is 0.246 e. The van der Waals surface area contributed by atoms with Crippen LogP contribution in [0.15, 0.2) is 0 Å². The third-order valence-corrected chi connectivity index (χ3v) is 3.80. The highest BCUT2D eigenvalue weighted by Gasteiger charge is 2.47. The number of carbonyl (C=O) groups excluding carboxylic acids is 2. The van der Waals surface area contributed by atoms with E-state index in [0.29, 0.717) is 13.0 Å². The molecule has 0 aromatic heterocycles. The normalized spacial score (nSPS) is 28.9. The van der Waals surface area contributed by atoms with Gasteiger partial charge in [-0.15, -0.1) is 0 Å². The molecule has 0 spiro atoms. The van der Waals surface area contributed by atoms with Gasteiger partial charge in [-0.3, -0.25) is 9.59 Å². The van der Waals surface area contributed by atoms with Crippen LogP contribution in [0.4, 0.5) is 0 Å². The molecule has 2 rings (SSSR count). The van der Waals surface area contributed by atoms with Crippen LogP contribution < -0.4 is 0 Å². The Morgan fingerprint density at radius 1 is 1.22 bits per heavy atom. The predicted octanol–water partition coefficient (Wildman–Crippen LogP) is 1.64. The lowest BCUT2D eigenvalue weighted by molar-refractivity contribution is -0.160. The van der Waals surface area contributed by atoms with Crippen LogP contribution in [0.3, 0.4) is 0 Å². The van der Waals surface area contributed by atoms with E-state index in [4.69, 9.17) is 0 Å². The minimum atomic E-state index is -0.244. The van der Waals surface area contributed by atoms with Gasteiger partial charge in [0.2, 0.25) is 11.8 Å². The van der Waals surface area contributed by atoms with E-state index in [2.05, 4.69) is 20.8 Å². The monoisotopic (exact) mass is 252 g/mol. The molecule has 0 saturated carbocycles. The van der Waals surface area contributed by atoms with Gasteiger partial charge < -0.3 is 9.80 Å². The lowest BCUT2D eigenvalue weighted by Gasteiger charge is -2.44. The molecular formula is C14H24N2O2. The fourth-order valence-electron chi connectivity index (χ4n) is 3.05. The second-order valence-electron chi connectivity index (χ2n) is 6.64. The summed E-state index contributed by atoms with van der Waals surface area (Å²) in [6.07, 6.45) is 2.51. The van der Waals surface area contributed by atoms with Gasteiger partial charge in [0.05, 0.1) is 0 Å². The van der Waals surface area contributed by atoms with Gasteiger partial charge in [-0.05, 0) is 24.7 Å². The number of fused-ring (bicyclic) bond motifs is 1. The molecule has 0 aromatic carbocycles. The van der Waals surface area contributed by atoms with Crippen LogP contribution in [0, 0.1) is 5.41 Å². The van der Waals surface area contributed by atoms with Gasteiger partial charge >= 0.3 is 0 Å². The highest BCUT2D eigenvalue weighted by Crippen LogP contribution is 2.30. The van der Waals surface area contributed by atoms with Gasteiger partial charge in [-0.25, -0.2) is 0 Å². The SMILES string of the molecule is CCC1C(=O)N2CCCC2C(=O)N1CC(C)(C)C. The third-order valence-electron chi connectivity index (χ3n) is 3.80. The van der Waals surface area contributed by atoms with Crippen LogP contribution in [-0.2, 0) is 9.59 Å². The maximum atomic E-state index is 12.5. The Balaban J connectivity index is 2.25. The van der Waals surface area contributed by atoms with Crippen LogP contribution >= 0.6 is 0 Å². The molecule has 4 nitrogen and oxygen atoms in total. The summed E-state index contributed by atoms with van der Waals surface area (Å²) >= 11 is 0. The zero-order chi connectivity index (χ0) is 13.5.